The number of aromatic amines is 1. The zero-order valence-corrected chi connectivity index (χ0v) is 15.5. The van der Waals surface area contributed by atoms with Crippen molar-refractivity contribution < 1.29 is 4.79 Å². The summed E-state index contributed by atoms with van der Waals surface area (Å²) >= 11 is 0. The van der Waals surface area contributed by atoms with Gasteiger partial charge in [0.15, 0.2) is 0 Å². The number of imidazole rings is 2. The highest BCUT2D eigenvalue weighted by molar-refractivity contribution is 5.78. The van der Waals surface area contributed by atoms with Crippen LogP contribution in [0, 0.1) is 5.92 Å². The molecule has 0 saturated heterocycles. The van der Waals surface area contributed by atoms with Gasteiger partial charge in [-0.3, -0.25) is 4.79 Å². The van der Waals surface area contributed by atoms with E-state index < -0.39 is 0 Å². The highest BCUT2D eigenvalue weighted by Gasteiger charge is 2.21. The van der Waals surface area contributed by atoms with Gasteiger partial charge < -0.3 is 14.9 Å². The van der Waals surface area contributed by atoms with Crippen molar-refractivity contribution in [3.8, 4) is 0 Å². The molecule has 27 heavy (non-hydrogen) atoms. The zero-order chi connectivity index (χ0) is 18.8. The third-order valence-electron chi connectivity index (χ3n) is 4.79. The Balaban J connectivity index is 1.46. The number of nitrogens with one attached hydrogen (secondary N) is 2. The van der Waals surface area contributed by atoms with Crippen molar-refractivity contribution in [1.29, 1.82) is 0 Å². The fourth-order valence-corrected chi connectivity index (χ4v) is 3.33. The van der Waals surface area contributed by atoms with Crippen molar-refractivity contribution in [2.45, 2.75) is 32.9 Å². The molecule has 0 saturated carbocycles. The van der Waals surface area contributed by atoms with Crippen LogP contribution in [0.2, 0.25) is 0 Å². The van der Waals surface area contributed by atoms with Crippen molar-refractivity contribution in [1.82, 2.24) is 24.8 Å². The highest BCUT2D eigenvalue weighted by atomic mass is 16.1. The van der Waals surface area contributed by atoms with Crippen molar-refractivity contribution in [3.05, 3.63) is 60.7 Å². The number of benzene rings is 2. The Bertz CT molecular complexity index is 1050. The van der Waals surface area contributed by atoms with E-state index in [9.17, 15) is 4.79 Å². The molecule has 4 rings (SSSR count). The Hall–Kier alpha value is -3.15. The Morgan fingerprint density at radius 1 is 1.11 bits per heavy atom. The number of carbonyl (C=O) groups is 1. The normalized spacial score (nSPS) is 12.7. The van der Waals surface area contributed by atoms with Gasteiger partial charge in [0.05, 0.1) is 34.4 Å². The monoisotopic (exact) mass is 361 g/mol. The second-order valence-electron chi connectivity index (χ2n) is 7.11. The van der Waals surface area contributed by atoms with Crippen LogP contribution in [-0.4, -0.2) is 25.4 Å². The number of aromatic nitrogens is 4. The summed E-state index contributed by atoms with van der Waals surface area (Å²) in [5, 5.41) is 3.14. The van der Waals surface area contributed by atoms with Crippen LogP contribution in [-0.2, 0) is 11.3 Å². The molecule has 0 spiro atoms. The van der Waals surface area contributed by atoms with Crippen LogP contribution in [0.15, 0.2) is 54.9 Å². The van der Waals surface area contributed by atoms with Gasteiger partial charge in [-0.2, -0.15) is 0 Å². The fourth-order valence-electron chi connectivity index (χ4n) is 3.33. The molecule has 6 nitrogen and oxygen atoms in total. The number of H-pyrrole nitrogens is 1. The molecule has 0 fully saturated rings. The number of rotatable bonds is 6. The summed E-state index contributed by atoms with van der Waals surface area (Å²) in [5.74, 6) is 1.03. The van der Waals surface area contributed by atoms with Crippen molar-refractivity contribution in [2.24, 2.45) is 5.92 Å². The first-order chi connectivity index (χ1) is 13.1. The molecular weight excluding hydrogens is 338 g/mol. The Morgan fingerprint density at radius 3 is 2.63 bits per heavy atom. The number of fused-ring (bicyclic) bond motifs is 2. The molecule has 138 valence electrons. The van der Waals surface area contributed by atoms with Gasteiger partial charge in [-0.15, -0.1) is 0 Å². The minimum Gasteiger partial charge on any atom is -0.346 e. The lowest BCUT2D eigenvalue weighted by Crippen LogP contribution is -2.33. The summed E-state index contributed by atoms with van der Waals surface area (Å²) < 4.78 is 2.01. The minimum atomic E-state index is -0.149. The summed E-state index contributed by atoms with van der Waals surface area (Å²) in [5.41, 5.74) is 3.89. The van der Waals surface area contributed by atoms with Crippen LogP contribution in [0.5, 0.6) is 0 Å². The Morgan fingerprint density at radius 2 is 1.85 bits per heavy atom. The molecule has 2 aromatic heterocycles. The van der Waals surface area contributed by atoms with Crippen LogP contribution >= 0.6 is 0 Å². The van der Waals surface area contributed by atoms with Crippen molar-refractivity contribution >= 4 is 28.0 Å². The second kappa shape index (κ2) is 7.23. The van der Waals surface area contributed by atoms with E-state index >= 15 is 0 Å². The van der Waals surface area contributed by atoms with E-state index in [2.05, 4.69) is 34.1 Å². The second-order valence-corrected chi connectivity index (χ2v) is 7.11. The first kappa shape index (κ1) is 17.3. The van der Waals surface area contributed by atoms with Gasteiger partial charge in [-0.25, -0.2) is 9.97 Å². The molecule has 4 aromatic rings. The summed E-state index contributed by atoms with van der Waals surface area (Å²) in [6.45, 7) is 4.76. The smallest absolute Gasteiger partial charge is 0.222 e. The van der Waals surface area contributed by atoms with E-state index in [-0.39, 0.29) is 17.9 Å². The molecule has 0 radical (unpaired) electrons. The molecule has 1 amide bonds. The van der Waals surface area contributed by atoms with Gasteiger partial charge in [-0.05, 0) is 30.2 Å². The number of para-hydroxylation sites is 4. The maximum absolute atomic E-state index is 12.6. The van der Waals surface area contributed by atoms with Crippen molar-refractivity contribution in [2.75, 3.05) is 0 Å². The quantitative estimate of drug-likeness (QED) is 0.548. The van der Waals surface area contributed by atoms with Gasteiger partial charge in [0.1, 0.15) is 5.82 Å². The van der Waals surface area contributed by atoms with Crippen LogP contribution < -0.4 is 5.32 Å². The molecule has 2 N–H and O–H groups in total. The van der Waals surface area contributed by atoms with E-state index in [0.29, 0.717) is 13.0 Å². The molecule has 2 heterocycles. The predicted molar refractivity (Wildman–Crippen MR) is 106 cm³/mol. The number of nitrogens with zero attached hydrogens (tertiary/aromatic N) is 3. The van der Waals surface area contributed by atoms with Gasteiger partial charge >= 0.3 is 0 Å². The van der Waals surface area contributed by atoms with Crippen LogP contribution in [0.4, 0.5) is 0 Å². The lowest BCUT2D eigenvalue weighted by atomic mass is 10.0. The van der Waals surface area contributed by atoms with Gasteiger partial charge in [0.25, 0.3) is 0 Å². The third-order valence-corrected chi connectivity index (χ3v) is 4.79. The predicted octanol–water partition coefficient (Wildman–Crippen LogP) is 3.82. The standard InChI is InChI=1S/C21H23N5O/c1-14(2)20(21-23-15-7-3-4-8-16(15)24-21)25-19(27)11-12-26-13-22-17-9-5-6-10-18(17)26/h3-10,13-14,20H,11-12H2,1-2H3,(H,23,24)(H,25,27). The largest absolute Gasteiger partial charge is 0.346 e. The highest BCUT2D eigenvalue weighted by Crippen LogP contribution is 2.22. The molecular formula is C21H23N5O. The number of hydrogen-bond donors (Lipinski definition) is 2. The molecule has 0 bridgehead atoms. The number of aryl methyl sites for hydroxylation is 1. The Kier molecular flexibility index (Phi) is 4.62. The van der Waals surface area contributed by atoms with Crippen molar-refractivity contribution in [3.63, 3.8) is 0 Å². The molecule has 0 aliphatic rings. The first-order valence-corrected chi connectivity index (χ1v) is 9.25. The molecule has 0 aliphatic carbocycles. The molecule has 2 aromatic carbocycles. The lowest BCUT2D eigenvalue weighted by molar-refractivity contribution is -0.122. The SMILES string of the molecule is CC(C)C(NC(=O)CCn1cnc2ccccc21)c1nc2ccccc2[nH]1. The van der Waals surface area contributed by atoms with E-state index in [0.717, 1.165) is 27.9 Å². The molecule has 0 aliphatic heterocycles. The lowest BCUT2D eigenvalue weighted by Gasteiger charge is -2.20. The maximum atomic E-state index is 12.6. The van der Waals surface area contributed by atoms with E-state index in [1.54, 1.807) is 6.33 Å². The van der Waals surface area contributed by atoms with Gasteiger partial charge in [-0.1, -0.05) is 38.1 Å². The fraction of sp³-hybridized carbons (Fsp3) is 0.286. The van der Waals surface area contributed by atoms with Crippen LogP contribution in [0.1, 0.15) is 32.1 Å². The molecule has 1 unspecified atom stereocenters. The van der Waals surface area contributed by atoms with E-state index in [4.69, 9.17) is 0 Å². The molecule has 1 atom stereocenters. The van der Waals surface area contributed by atoms with Gasteiger partial charge in [0.2, 0.25) is 5.91 Å². The molecule has 6 heteroatoms. The first-order valence-electron chi connectivity index (χ1n) is 9.25. The summed E-state index contributed by atoms with van der Waals surface area (Å²) in [4.78, 5) is 25.0. The summed E-state index contributed by atoms with van der Waals surface area (Å²) in [7, 11) is 0. The topological polar surface area (TPSA) is 75.6 Å². The average Bonchev–Trinajstić information content (AvgIpc) is 3.28. The maximum Gasteiger partial charge on any atom is 0.222 e. The van der Waals surface area contributed by atoms with E-state index in [1.807, 2.05) is 53.1 Å². The number of hydrogen-bond acceptors (Lipinski definition) is 3. The summed E-state index contributed by atoms with van der Waals surface area (Å²) in [6, 6.07) is 15.7. The Labute approximate surface area is 157 Å². The number of carbonyl (C=O) groups excluding carboxylic acids is 1. The number of amides is 1. The van der Waals surface area contributed by atoms with Crippen LogP contribution in [0.3, 0.4) is 0 Å². The zero-order valence-electron chi connectivity index (χ0n) is 15.5. The average molecular weight is 361 g/mol. The van der Waals surface area contributed by atoms with Crippen LogP contribution in [0.25, 0.3) is 22.1 Å². The van der Waals surface area contributed by atoms with Gasteiger partial charge in [0, 0.05) is 13.0 Å². The van der Waals surface area contributed by atoms with E-state index in [1.165, 1.54) is 0 Å². The summed E-state index contributed by atoms with van der Waals surface area (Å²) in [6.07, 6.45) is 2.18. The minimum absolute atomic E-state index is 0.00642. The third kappa shape index (κ3) is 3.56.